The maximum absolute atomic E-state index is 12.2. The molecule has 0 aromatic heterocycles. The van der Waals surface area contributed by atoms with Crippen LogP contribution in [0.1, 0.15) is 53.9 Å². The molecule has 20 heavy (non-hydrogen) atoms. The van der Waals surface area contributed by atoms with Gasteiger partial charge < -0.3 is 4.74 Å². The molecule has 2 rings (SSSR count). The number of hydrogen-bond acceptors (Lipinski definition) is 4. The minimum Gasteiger partial charge on any atom is -0.461 e. The molecular weight excluding hydrogens is 300 g/mol. The Bertz CT molecular complexity index is 537. The van der Waals surface area contributed by atoms with E-state index >= 15 is 0 Å². The molecule has 2 saturated carbocycles. The van der Waals surface area contributed by atoms with Gasteiger partial charge in [-0.1, -0.05) is 20.8 Å². The van der Waals surface area contributed by atoms with Crippen molar-refractivity contribution < 1.29 is 17.9 Å². The van der Waals surface area contributed by atoms with Crippen LogP contribution >= 0.6 is 10.7 Å². The maximum Gasteiger partial charge on any atom is 0.328 e. The van der Waals surface area contributed by atoms with E-state index in [0.717, 1.165) is 19.3 Å². The number of fused-ring (bicyclic) bond motifs is 2. The lowest BCUT2D eigenvalue weighted by Crippen LogP contribution is -2.45. The van der Waals surface area contributed by atoms with Crippen LogP contribution in [0, 0.1) is 16.7 Å². The van der Waals surface area contributed by atoms with Gasteiger partial charge in [-0.05, 0) is 44.4 Å². The summed E-state index contributed by atoms with van der Waals surface area (Å²) >= 11 is 0. The third kappa shape index (κ3) is 2.00. The number of carbonyl (C=O) groups is 1. The Morgan fingerprint density at radius 1 is 1.30 bits per heavy atom. The fourth-order valence-corrected chi connectivity index (χ4v) is 4.12. The van der Waals surface area contributed by atoms with E-state index in [-0.39, 0.29) is 16.9 Å². The van der Waals surface area contributed by atoms with Crippen molar-refractivity contribution in [2.24, 2.45) is 16.7 Å². The number of hydrogen-bond donors (Lipinski definition) is 0. The third-order valence-corrected chi connectivity index (χ3v) is 8.61. The van der Waals surface area contributed by atoms with Crippen molar-refractivity contribution in [1.82, 2.24) is 0 Å². The van der Waals surface area contributed by atoms with E-state index in [2.05, 4.69) is 20.8 Å². The number of ether oxygens (including phenoxy) is 1. The molecule has 2 aliphatic rings. The zero-order valence-corrected chi connectivity index (χ0v) is 14.3. The van der Waals surface area contributed by atoms with E-state index in [9.17, 15) is 13.2 Å². The van der Waals surface area contributed by atoms with Crippen molar-refractivity contribution in [2.75, 3.05) is 0 Å². The molecule has 0 amide bonds. The molecule has 4 nitrogen and oxygen atoms in total. The van der Waals surface area contributed by atoms with Gasteiger partial charge >= 0.3 is 5.97 Å². The molecule has 0 spiro atoms. The molecule has 3 unspecified atom stereocenters. The normalized spacial score (nSPS) is 36.1. The Kier molecular flexibility index (Phi) is 3.50. The number of halogens is 1. The standard InChI is InChI=1S/C14H23ClO4S/c1-12(2)9-6-7-14(12,5)10(8-9)19-11(16)13(3,4)20(15,17)18/h9-10H,6-8H2,1-5H3. The van der Waals surface area contributed by atoms with Crippen molar-refractivity contribution in [2.45, 2.75) is 64.7 Å². The van der Waals surface area contributed by atoms with Gasteiger partial charge in [0.1, 0.15) is 6.10 Å². The zero-order chi connectivity index (χ0) is 15.6. The minimum absolute atomic E-state index is 0.0838. The van der Waals surface area contributed by atoms with Gasteiger partial charge in [0.2, 0.25) is 9.05 Å². The van der Waals surface area contributed by atoms with Gasteiger partial charge in [-0.2, -0.15) is 0 Å². The van der Waals surface area contributed by atoms with Crippen LogP contribution in [0.5, 0.6) is 0 Å². The molecule has 3 atom stereocenters. The highest BCUT2D eigenvalue weighted by Gasteiger charge is 2.63. The van der Waals surface area contributed by atoms with Crippen LogP contribution in [0.25, 0.3) is 0 Å². The summed E-state index contributed by atoms with van der Waals surface area (Å²) < 4.78 is 26.9. The van der Waals surface area contributed by atoms with E-state index in [1.54, 1.807) is 0 Å². The van der Waals surface area contributed by atoms with Gasteiger partial charge in [-0.3, -0.25) is 4.79 Å². The molecule has 0 aromatic carbocycles. The van der Waals surface area contributed by atoms with Crippen molar-refractivity contribution in [3.63, 3.8) is 0 Å². The Labute approximate surface area is 125 Å². The van der Waals surface area contributed by atoms with Crippen molar-refractivity contribution in [3.8, 4) is 0 Å². The smallest absolute Gasteiger partial charge is 0.328 e. The van der Waals surface area contributed by atoms with E-state index in [0.29, 0.717) is 5.92 Å². The van der Waals surface area contributed by atoms with Crippen molar-refractivity contribution in [3.05, 3.63) is 0 Å². The highest BCUT2D eigenvalue weighted by Crippen LogP contribution is 2.66. The van der Waals surface area contributed by atoms with Gasteiger partial charge in [0.25, 0.3) is 0 Å². The molecule has 0 aromatic rings. The van der Waals surface area contributed by atoms with Crippen molar-refractivity contribution >= 4 is 25.7 Å². The fourth-order valence-electron chi connectivity index (χ4n) is 3.68. The number of carbonyl (C=O) groups excluding carboxylic acids is 1. The summed E-state index contributed by atoms with van der Waals surface area (Å²) in [5.41, 5.74) is 0.0292. The topological polar surface area (TPSA) is 60.4 Å². The Hall–Kier alpha value is -0.290. The first-order chi connectivity index (χ1) is 8.84. The predicted octanol–water partition coefficient (Wildman–Crippen LogP) is 3.09. The van der Waals surface area contributed by atoms with Crippen molar-refractivity contribution in [1.29, 1.82) is 0 Å². The fraction of sp³-hybridized carbons (Fsp3) is 0.929. The average Bonchev–Trinajstić information content (AvgIpc) is 2.60. The quantitative estimate of drug-likeness (QED) is 0.591. The van der Waals surface area contributed by atoms with Crippen LogP contribution < -0.4 is 0 Å². The monoisotopic (exact) mass is 322 g/mol. The first-order valence-corrected chi connectivity index (χ1v) is 9.30. The van der Waals surface area contributed by atoms with Crippen LogP contribution in [0.15, 0.2) is 0 Å². The van der Waals surface area contributed by atoms with E-state index in [1.807, 2.05) is 0 Å². The van der Waals surface area contributed by atoms with Gasteiger partial charge in [0, 0.05) is 16.1 Å². The summed E-state index contributed by atoms with van der Waals surface area (Å²) in [5, 5.41) is 0. The van der Waals surface area contributed by atoms with Crippen LogP contribution in [-0.2, 0) is 18.6 Å². The van der Waals surface area contributed by atoms with Crippen LogP contribution in [0.3, 0.4) is 0 Å². The molecule has 116 valence electrons. The minimum atomic E-state index is -4.01. The lowest BCUT2D eigenvalue weighted by Gasteiger charge is -2.39. The second-order valence-electron chi connectivity index (χ2n) is 7.45. The summed E-state index contributed by atoms with van der Waals surface area (Å²) in [7, 11) is 1.34. The molecule has 0 aliphatic heterocycles. The first-order valence-electron chi connectivity index (χ1n) is 6.99. The molecule has 0 saturated heterocycles. The lowest BCUT2D eigenvalue weighted by molar-refractivity contribution is -0.159. The molecular formula is C14H23ClO4S. The summed E-state index contributed by atoms with van der Waals surface area (Å²) in [5.74, 6) is -0.219. The molecule has 6 heteroatoms. The SMILES string of the molecule is CC1(C)C2CCC1(C)C(OC(=O)C(C)(C)S(=O)(=O)Cl)C2. The summed E-state index contributed by atoms with van der Waals surface area (Å²) in [4.78, 5) is 12.2. The number of esters is 1. The van der Waals surface area contributed by atoms with Gasteiger partial charge in [0.05, 0.1) is 0 Å². The Morgan fingerprint density at radius 2 is 1.85 bits per heavy atom. The molecule has 0 N–H and O–H groups in total. The van der Waals surface area contributed by atoms with Gasteiger partial charge in [-0.15, -0.1) is 0 Å². The highest BCUT2D eigenvalue weighted by molar-refractivity contribution is 8.15. The highest BCUT2D eigenvalue weighted by atomic mass is 35.7. The van der Waals surface area contributed by atoms with Crippen LogP contribution in [-0.4, -0.2) is 25.2 Å². The second-order valence-corrected chi connectivity index (χ2v) is 10.6. The van der Waals surface area contributed by atoms with Crippen LogP contribution in [0.2, 0.25) is 0 Å². The molecule has 0 heterocycles. The van der Waals surface area contributed by atoms with E-state index in [1.165, 1.54) is 13.8 Å². The molecule has 0 radical (unpaired) electrons. The van der Waals surface area contributed by atoms with Gasteiger partial charge in [0.15, 0.2) is 4.75 Å². The second kappa shape index (κ2) is 4.35. The Morgan fingerprint density at radius 3 is 2.20 bits per heavy atom. The summed E-state index contributed by atoms with van der Waals surface area (Å²) in [6, 6.07) is 0. The average molecular weight is 323 g/mol. The molecule has 2 aliphatic carbocycles. The van der Waals surface area contributed by atoms with Gasteiger partial charge in [-0.25, -0.2) is 8.42 Å². The third-order valence-electron chi connectivity index (χ3n) is 6.06. The largest absolute Gasteiger partial charge is 0.461 e. The zero-order valence-electron chi connectivity index (χ0n) is 12.7. The predicted molar refractivity (Wildman–Crippen MR) is 78.0 cm³/mol. The maximum atomic E-state index is 12.2. The molecule has 2 fully saturated rings. The molecule has 2 bridgehead atoms. The summed E-state index contributed by atoms with van der Waals surface area (Å²) in [6.45, 7) is 9.14. The number of rotatable bonds is 3. The summed E-state index contributed by atoms with van der Waals surface area (Å²) in [6.07, 6.45) is 2.75. The lowest BCUT2D eigenvalue weighted by atomic mass is 9.70. The van der Waals surface area contributed by atoms with Crippen LogP contribution in [0.4, 0.5) is 0 Å². The Balaban J connectivity index is 2.20. The van der Waals surface area contributed by atoms with E-state index in [4.69, 9.17) is 15.4 Å². The first kappa shape index (κ1) is 16.1. The van der Waals surface area contributed by atoms with E-state index < -0.39 is 19.8 Å².